The molecule has 0 N–H and O–H groups in total. The number of hydrogen-bond donors (Lipinski definition) is 0. The predicted octanol–water partition coefficient (Wildman–Crippen LogP) is 2.19. The third-order valence-corrected chi connectivity index (χ3v) is 3.26. The minimum absolute atomic E-state index is 0.231. The van der Waals surface area contributed by atoms with Crippen molar-refractivity contribution in [1.82, 2.24) is 15.1 Å². The normalized spacial score (nSPS) is 10.6. The highest BCUT2D eigenvalue weighted by Gasteiger charge is 2.12. The zero-order valence-corrected chi connectivity index (χ0v) is 13.0. The summed E-state index contributed by atoms with van der Waals surface area (Å²) in [5.74, 6) is -1.16. The van der Waals surface area contributed by atoms with E-state index in [2.05, 4.69) is 10.2 Å². The van der Waals surface area contributed by atoms with Gasteiger partial charge in [-0.3, -0.25) is 0 Å². The largest absolute Gasteiger partial charge is 0.350 e. The summed E-state index contributed by atoms with van der Waals surface area (Å²) in [6.07, 6.45) is 0. The maximum Gasteiger partial charge on any atom is 0.163 e. The molecule has 0 unspecified atom stereocenters. The van der Waals surface area contributed by atoms with Crippen molar-refractivity contribution in [1.29, 1.82) is 5.26 Å². The van der Waals surface area contributed by atoms with Crippen LogP contribution in [0, 0.1) is 23.0 Å². The molecule has 0 fully saturated rings. The van der Waals surface area contributed by atoms with Crippen LogP contribution in [0.1, 0.15) is 11.3 Å². The topological polar surface area (TPSA) is 56.0 Å². The Morgan fingerprint density at radius 2 is 1.83 bits per heavy atom. The van der Waals surface area contributed by atoms with E-state index < -0.39 is 11.6 Å². The first kappa shape index (κ1) is 16.8. The number of benzene rings is 1. The maximum absolute atomic E-state index is 13.4. The molecular weight excluding hydrogens is 300 g/mol. The molecule has 2 rings (SSSR count). The Labute approximate surface area is 133 Å². The van der Waals surface area contributed by atoms with Gasteiger partial charge in [0, 0.05) is 19.6 Å². The summed E-state index contributed by atoms with van der Waals surface area (Å²) in [6, 6.07) is 9.02. The average Bonchev–Trinajstić information content (AvgIpc) is 2.54. The van der Waals surface area contributed by atoms with Crippen LogP contribution in [0.15, 0.2) is 30.3 Å². The standard InChI is InChI=1S/C16H17F2N5/c1-22(2)7-8-23(16-6-4-13(10-19)20-21-16)11-12-3-5-14(17)15(18)9-12/h3-6,9H,7-8,11H2,1-2H3. The second kappa shape index (κ2) is 7.61. The van der Waals surface area contributed by atoms with E-state index >= 15 is 0 Å². The van der Waals surface area contributed by atoms with Crippen LogP contribution in [0.25, 0.3) is 0 Å². The molecular formula is C16H17F2N5. The molecule has 7 heteroatoms. The molecule has 0 radical (unpaired) electrons. The molecule has 0 aliphatic heterocycles. The van der Waals surface area contributed by atoms with Crippen LogP contribution >= 0.6 is 0 Å². The minimum Gasteiger partial charge on any atom is -0.350 e. The predicted molar refractivity (Wildman–Crippen MR) is 82.7 cm³/mol. The van der Waals surface area contributed by atoms with Gasteiger partial charge in [0.15, 0.2) is 23.1 Å². The molecule has 1 aromatic carbocycles. The molecule has 2 aromatic rings. The van der Waals surface area contributed by atoms with Crippen LogP contribution in [0.5, 0.6) is 0 Å². The second-order valence-electron chi connectivity index (χ2n) is 5.36. The highest BCUT2D eigenvalue weighted by Crippen LogP contribution is 2.16. The monoisotopic (exact) mass is 317 g/mol. The van der Waals surface area contributed by atoms with Gasteiger partial charge in [-0.15, -0.1) is 10.2 Å². The number of aromatic nitrogens is 2. The quantitative estimate of drug-likeness (QED) is 0.817. The van der Waals surface area contributed by atoms with E-state index in [1.54, 1.807) is 12.1 Å². The van der Waals surface area contributed by atoms with Crippen LogP contribution in [0.2, 0.25) is 0 Å². The molecule has 0 aliphatic rings. The Kier molecular flexibility index (Phi) is 5.55. The second-order valence-corrected chi connectivity index (χ2v) is 5.36. The highest BCUT2D eigenvalue weighted by atomic mass is 19.2. The summed E-state index contributed by atoms with van der Waals surface area (Å²) >= 11 is 0. The first-order valence-electron chi connectivity index (χ1n) is 7.07. The van der Waals surface area contributed by atoms with Crippen LogP contribution in [-0.2, 0) is 6.54 Å². The van der Waals surface area contributed by atoms with E-state index in [9.17, 15) is 8.78 Å². The lowest BCUT2D eigenvalue weighted by molar-refractivity contribution is 0.411. The van der Waals surface area contributed by atoms with Crippen molar-refractivity contribution in [2.24, 2.45) is 0 Å². The lowest BCUT2D eigenvalue weighted by Gasteiger charge is -2.25. The molecule has 0 saturated carbocycles. The van der Waals surface area contributed by atoms with E-state index in [4.69, 9.17) is 5.26 Å². The van der Waals surface area contributed by atoms with Crippen molar-refractivity contribution in [2.45, 2.75) is 6.54 Å². The van der Waals surface area contributed by atoms with E-state index in [1.807, 2.05) is 30.0 Å². The summed E-state index contributed by atoms with van der Waals surface area (Å²) in [7, 11) is 3.89. The fraction of sp³-hybridized carbons (Fsp3) is 0.312. The Hall–Kier alpha value is -2.59. The molecule has 1 aromatic heterocycles. The number of rotatable bonds is 6. The zero-order chi connectivity index (χ0) is 16.8. The molecule has 23 heavy (non-hydrogen) atoms. The van der Waals surface area contributed by atoms with Crippen molar-refractivity contribution in [3.63, 3.8) is 0 Å². The number of nitriles is 1. The van der Waals surface area contributed by atoms with Gasteiger partial charge >= 0.3 is 0 Å². The summed E-state index contributed by atoms with van der Waals surface area (Å²) < 4.78 is 26.4. The SMILES string of the molecule is CN(C)CCN(Cc1ccc(F)c(F)c1)c1ccc(C#N)nn1. The molecule has 120 valence electrons. The van der Waals surface area contributed by atoms with Gasteiger partial charge in [0.05, 0.1) is 0 Å². The van der Waals surface area contributed by atoms with Gasteiger partial charge in [-0.2, -0.15) is 5.26 Å². The van der Waals surface area contributed by atoms with Gasteiger partial charge in [0.1, 0.15) is 6.07 Å². The molecule has 0 aliphatic carbocycles. The van der Waals surface area contributed by atoms with E-state index in [-0.39, 0.29) is 5.69 Å². The Bertz CT molecular complexity index is 695. The van der Waals surface area contributed by atoms with Crippen molar-refractivity contribution >= 4 is 5.82 Å². The van der Waals surface area contributed by atoms with Crippen molar-refractivity contribution in [3.8, 4) is 6.07 Å². The Morgan fingerprint density at radius 1 is 1.04 bits per heavy atom. The molecule has 0 spiro atoms. The lowest BCUT2D eigenvalue weighted by atomic mass is 10.2. The van der Waals surface area contributed by atoms with Gasteiger partial charge in [-0.1, -0.05) is 6.07 Å². The summed E-state index contributed by atoms with van der Waals surface area (Å²) in [6.45, 7) is 1.75. The lowest BCUT2D eigenvalue weighted by Crippen LogP contribution is -2.32. The van der Waals surface area contributed by atoms with Gasteiger partial charge in [-0.05, 0) is 43.9 Å². The molecule has 0 atom stereocenters. The van der Waals surface area contributed by atoms with Crippen molar-refractivity contribution < 1.29 is 8.78 Å². The number of hydrogen-bond acceptors (Lipinski definition) is 5. The van der Waals surface area contributed by atoms with Gasteiger partial charge < -0.3 is 9.80 Å². The fourth-order valence-electron chi connectivity index (χ4n) is 2.01. The summed E-state index contributed by atoms with van der Waals surface area (Å²) in [5.41, 5.74) is 0.864. The van der Waals surface area contributed by atoms with Crippen molar-refractivity contribution in [2.75, 3.05) is 32.1 Å². The van der Waals surface area contributed by atoms with Crippen molar-refractivity contribution in [3.05, 3.63) is 53.2 Å². The van der Waals surface area contributed by atoms with Gasteiger partial charge in [0.25, 0.3) is 0 Å². The highest BCUT2D eigenvalue weighted by molar-refractivity contribution is 5.40. The number of halogens is 2. The minimum atomic E-state index is -0.874. The third kappa shape index (κ3) is 4.69. The van der Waals surface area contributed by atoms with Crippen LogP contribution < -0.4 is 4.90 Å². The van der Waals surface area contributed by atoms with E-state index in [1.165, 1.54) is 12.1 Å². The number of nitrogens with zero attached hydrogens (tertiary/aromatic N) is 5. The molecule has 0 amide bonds. The van der Waals surface area contributed by atoms with Gasteiger partial charge in [-0.25, -0.2) is 8.78 Å². The molecule has 5 nitrogen and oxygen atoms in total. The molecule has 0 bridgehead atoms. The smallest absolute Gasteiger partial charge is 0.163 e. The first-order valence-corrected chi connectivity index (χ1v) is 7.07. The Morgan fingerprint density at radius 3 is 2.39 bits per heavy atom. The van der Waals surface area contributed by atoms with Crippen LogP contribution in [0.4, 0.5) is 14.6 Å². The maximum atomic E-state index is 13.4. The Balaban J connectivity index is 2.21. The summed E-state index contributed by atoms with van der Waals surface area (Å²) in [4.78, 5) is 3.91. The summed E-state index contributed by atoms with van der Waals surface area (Å²) in [5, 5.41) is 16.6. The first-order chi connectivity index (χ1) is 11.0. The number of likely N-dealkylation sites (N-methyl/N-ethyl adjacent to an activating group) is 1. The average molecular weight is 317 g/mol. The molecule has 1 heterocycles. The fourth-order valence-corrected chi connectivity index (χ4v) is 2.01. The third-order valence-electron chi connectivity index (χ3n) is 3.26. The van der Waals surface area contributed by atoms with Crippen LogP contribution in [-0.4, -0.2) is 42.3 Å². The van der Waals surface area contributed by atoms with Gasteiger partial charge in [0.2, 0.25) is 0 Å². The van der Waals surface area contributed by atoms with Crippen LogP contribution in [0.3, 0.4) is 0 Å². The number of anilines is 1. The zero-order valence-electron chi connectivity index (χ0n) is 13.0. The van der Waals surface area contributed by atoms with E-state index in [0.29, 0.717) is 24.5 Å². The van der Waals surface area contributed by atoms with E-state index in [0.717, 1.165) is 12.6 Å². The molecule has 0 saturated heterocycles.